The number of carboxylic acids is 1. The van der Waals surface area contributed by atoms with Crippen LogP contribution in [0, 0.1) is 0 Å². The lowest BCUT2D eigenvalue weighted by molar-refractivity contribution is -0.150. The minimum atomic E-state index is -0.977. The highest BCUT2D eigenvalue weighted by Crippen LogP contribution is 2.13. The minimum Gasteiger partial charge on any atom is -0.480 e. The summed E-state index contributed by atoms with van der Waals surface area (Å²) in [6, 6.07) is 1.07. The molecule has 0 radical (unpaired) electrons. The van der Waals surface area contributed by atoms with E-state index in [4.69, 9.17) is 9.84 Å². The van der Waals surface area contributed by atoms with E-state index in [9.17, 15) is 9.59 Å². The van der Waals surface area contributed by atoms with Crippen LogP contribution in [0.5, 0.6) is 0 Å². The topological polar surface area (TPSA) is 96.7 Å². The minimum absolute atomic E-state index is 0.0175. The van der Waals surface area contributed by atoms with E-state index in [1.807, 2.05) is 13.8 Å². The van der Waals surface area contributed by atoms with Gasteiger partial charge in [-0.2, -0.15) is 5.10 Å². The number of carbonyl (C=O) groups is 2. The molecule has 1 aliphatic heterocycles. The molecule has 1 fully saturated rings. The van der Waals surface area contributed by atoms with Gasteiger partial charge in [-0.25, -0.2) is 4.68 Å². The molecule has 0 saturated carbocycles. The van der Waals surface area contributed by atoms with Gasteiger partial charge in [0.15, 0.2) is 0 Å². The van der Waals surface area contributed by atoms with Crippen molar-refractivity contribution in [3.63, 3.8) is 0 Å². The van der Waals surface area contributed by atoms with Crippen LogP contribution in [0.3, 0.4) is 0 Å². The Hall–Kier alpha value is -1.93. The molecule has 0 spiro atoms. The van der Waals surface area contributed by atoms with Gasteiger partial charge >= 0.3 is 5.97 Å². The Bertz CT molecular complexity index is 514. The lowest BCUT2D eigenvalue weighted by atomic mass is 10.2. The first-order valence-corrected chi connectivity index (χ1v) is 6.87. The first-order chi connectivity index (χ1) is 9.99. The molecule has 1 atom stereocenters. The zero-order valence-electron chi connectivity index (χ0n) is 12.2. The van der Waals surface area contributed by atoms with Crippen LogP contribution in [0.25, 0.3) is 0 Å². The molecule has 0 bridgehead atoms. The van der Waals surface area contributed by atoms with E-state index in [2.05, 4.69) is 10.4 Å². The normalized spacial score (nSPS) is 19.7. The fourth-order valence-electron chi connectivity index (χ4n) is 2.25. The Morgan fingerprint density at radius 3 is 3.00 bits per heavy atom. The number of amides is 1. The largest absolute Gasteiger partial charge is 0.480 e. The summed E-state index contributed by atoms with van der Waals surface area (Å²) in [5.74, 6) is -0.629. The molecule has 1 amide bonds. The summed E-state index contributed by atoms with van der Waals surface area (Å²) in [7, 11) is 0. The van der Waals surface area contributed by atoms with Gasteiger partial charge in [-0.1, -0.05) is 0 Å². The molecule has 8 nitrogen and oxygen atoms in total. The highest BCUT2D eigenvalue weighted by molar-refractivity contribution is 5.91. The zero-order valence-corrected chi connectivity index (χ0v) is 12.2. The summed E-state index contributed by atoms with van der Waals surface area (Å²) >= 11 is 0. The number of aromatic nitrogens is 2. The second-order valence-corrected chi connectivity index (χ2v) is 5.20. The Morgan fingerprint density at radius 1 is 1.57 bits per heavy atom. The second-order valence-electron chi connectivity index (χ2n) is 5.20. The predicted molar refractivity (Wildman–Crippen MR) is 75.1 cm³/mol. The maximum absolute atomic E-state index is 12.1. The smallest absolute Gasteiger partial charge is 0.323 e. The average Bonchev–Trinajstić information content (AvgIpc) is 2.87. The lowest BCUT2D eigenvalue weighted by Gasteiger charge is -2.32. The number of carboxylic acid groups (broad SMARTS) is 1. The van der Waals surface area contributed by atoms with Gasteiger partial charge in [0.25, 0.3) is 0 Å². The Kier molecular flexibility index (Phi) is 4.92. The van der Waals surface area contributed by atoms with Crippen LogP contribution < -0.4 is 5.32 Å². The first-order valence-electron chi connectivity index (χ1n) is 6.87. The molecule has 1 saturated heterocycles. The van der Waals surface area contributed by atoms with E-state index in [0.29, 0.717) is 19.0 Å². The molecule has 2 N–H and O–H groups in total. The van der Waals surface area contributed by atoms with Crippen LogP contribution >= 0.6 is 0 Å². The zero-order chi connectivity index (χ0) is 15.4. The van der Waals surface area contributed by atoms with Gasteiger partial charge in [0, 0.05) is 18.7 Å². The Labute approximate surface area is 122 Å². The molecule has 0 aromatic carbocycles. The average molecular weight is 296 g/mol. The number of nitrogens with zero attached hydrogens (tertiary/aromatic N) is 3. The molecule has 1 unspecified atom stereocenters. The Morgan fingerprint density at radius 2 is 2.33 bits per heavy atom. The van der Waals surface area contributed by atoms with E-state index in [0.717, 1.165) is 0 Å². The van der Waals surface area contributed by atoms with Gasteiger partial charge in [-0.05, 0) is 13.8 Å². The van der Waals surface area contributed by atoms with Crippen molar-refractivity contribution in [2.75, 3.05) is 31.6 Å². The molecule has 2 rings (SSSR count). The van der Waals surface area contributed by atoms with Crippen LogP contribution in [0.15, 0.2) is 12.3 Å². The van der Waals surface area contributed by atoms with Gasteiger partial charge in [0.1, 0.15) is 11.9 Å². The van der Waals surface area contributed by atoms with Crippen molar-refractivity contribution in [3.8, 4) is 0 Å². The van der Waals surface area contributed by atoms with Crippen LogP contribution in [0.2, 0.25) is 0 Å². The van der Waals surface area contributed by atoms with Crippen LogP contribution in [0.4, 0.5) is 5.82 Å². The van der Waals surface area contributed by atoms with Crippen molar-refractivity contribution >= 4 is 17.7 Å². The number of carbonyl (C=O) groups excluding carboxylic acids is 1. The van der Waals surface area contributed by atoms with Gasteiger partial charge in [0.05, 0.1) is 26.0 Å². The molecular formula is C13H20N4O4. The number of morpholine rings is 1. The van der Waals surface area contributed by atoms with E-state index < -0.39 is 12.0 Å². The maximum Gasteiger partial charge on any atom is 0.323 e. The van der Waals surface area contributed by atoms with Crippen molar-refractivity contribution in [2.45, 2.75) is 25.9 Å². The van der Waals surface area contributed by atoms with Crippen molar-refractivity contribution in [1.82, 2.24) is 14.7 Å². The number of aliphatic carboxylic acids is 1. The number of nitrogens with one attached hydrogen (secondary N) is 1. The molecule has 1 aromatic heterocycles. The third-order valence-corrected chi connectivity index (χ3v) is 3.30. The van der Waals surface area contributed by atoms with Crippen LogP contribution in [-0.2, 0) is 14.3 Å². The third-order valence-electron chi connectivity index (χ3n) is 3.30. The molecule has 2 heterocycles. The molecule has 1 aromatic rings. The van der Waals surface area contributed by atoms with E-state index >= 15 is 0 Å². The monoisotopic (exact) mass is 296 g/mol. The second kappa shape index (κ2) is 6.68. The predicted octanol–water partition coefficient (Wildman–Crippen LogP) is 0.188. The quantitative estimate of drug-likeness (QED) is 0.805. The number of anilines is 1. The van der Waals surface area contributed by atoms with Crippen molar-refractivity contribution in [2.24, 2.45) is 0 Å². The van der Waals surface area contributed by atoms with E-state index in [-0.39, 0.29) is 25.1 Å². The molecule has 21 heavy (non-hydrogen) atoms. The highest BCUT2D eigenvalue weighted by Gasteiger charge is 2.30. The molecule has 1 aliphatic rings. The van der Waals surface area contributed by atoms with Crippen molar-refractivity contribution < 1.29 is 19.4 Å². The Balaban J connectivity index is 1.97. The molecule has 8 heteroatoms. The van der Waals surface area contributed by atoms with Gasteiger partial charge in [-0.15, -0.1) is 0 Å². The molecular weight excluding hydrogens is 276 g/mol. The fraction of sp³-hybridized carbons (Fsp3) is 0.615. The first kappa shape index (κ1) is 15.5. The summed E-state index contributed by atoms with van der Waals surface area (Å²) < 4.78 is 6.84. The SMILES string of the molecule is CC(C)n1nccc1NC(=O)CN1CCOCC1C(=O)O. The summed E-state index contributed by atoms with van der Waals surface area (Å²) in [6.07, 6.45) is 1.62. The van der Waals surface area contributed by atoms with Crippen LogP contribution in [-0.4, -0.2) is 64.0 Å². The lowest BCUT2D eigenvalue weighted by Crippen LogP contribution is -2.52. The highest BCUT2D eigenvalue weighted by atomic mass is 16.5. The summed E-state index contributed by atoms with van der Waals surface area (Å²) in [6.45, 7) is 4.90. The van der Waals surface area contributed by atoms with Crippen molar-refractivity contribution in [1.29, 1.82) is 0 Å². The third kappa shape index (κ3) is 3.79. The number of hydrogen-bond donors (Lipinski definition) is 2. The maximum atomic E-state index is 12.1. The van der Waals surface area contributed by atoms with Crippen molar-refractivity contribution in [3.05, 3.63) is 12.3 Å². The van der Waals surface area contributed by atoms with Crippen LogP contribution in [0.1, 0.15) is 19.9 Å². The summed E-state index contributed by atoms with van der Waals surface area (Å²) in [4.78, 5) is 24.8. The number of ether oxygens (including phenoxy) is 1. The van der Waals surface area contributed by atoms with E-state index in [1.54, 1.807) is 21.8 Å². The molecule has 0 aliphatic carbocycles. The summed E-state index contributed by atoms with van der Waals surface area (Å²) in [5, 5.41) is 16.0. The van der Waals surface area contributed by atoms with Gasteiger partial charge < -0.3 is 15.2 Å². The fourth-order valence-corrected chi connectivity index (χ4v) is 2.25. The number of hydrogen-bond acceptors (Lipinski definition) is 5. The van der Waals surface area contributed by atoms with Gasteiger partial charge in [0.2, 0.25) is 5.91 Å². The number of rotatable bonds is 5. The van der Waals surface area contributed by atoms with E-state index in [1.165, 1.54) is 0 Å². The summed E-state index contributed by atoms with van der Waals surface area (Å²) in [5.41, 5.74) is 0. The standard InChI is InChI=1S/C13H20N4O4/c1-9(2)17-11(3-4-14-17)15-12(18)7-16-5-6-21-8-10(16)13(19)20/h3-4,9-10H,5-8H2,1-2H3,(H,15,18)(H,19,20). The molecule has 116 valence electrons. The van der Waals surface area contributed by atoms with Gasteiger partial charge in [-0.3, -0.25) is 14.5 Å².